The van der Waals surface area contributed by atoms with Crippen molar-refractivity contribution in [1.82, 2.24) is 4.98 Å². The van der Waals surface area contributed by atoms with Crippen molar-refractivity contribution in [2.75, 3.05) is 0 Å². The zero-order valence-corrected chi connectivity index (χ0v) is 14.7. The Labute approximate surface area is 139 Å². The average Bonchev–Trinajstić information content (AvgIpc) is 3.08. The topological polar surface area (TPSA) is 12.9 Å². The molecule has 1 nitrogen and oxygen atoms in total. The number of thiazole rings is 1. The smallest absolute Gasteiger partial charge is 0.0999 e. The highest BCUT2D eigenvalue weighted by Crippen LogP contribution is 2.31. The first-order valence-corrected chi connectivity index (χ1v) is 9.74. The van der Waals surface area contributed by atoms with Gasteiger partial charge < -0.3 is 0 Å². The van der Waals surface area contributed by atoms with Crippen LogP contribution in [0.1, 0.15) is 81.2 Å². The van der Waals surface area contributed by atoms with Crippen LogP contribution in [0.15, 0.2) is 41.9 Å². The second-order valence-corrected chi connectivity index (χ2v) is 7.02. The summed E-state index contributed by atoms with van der Waals surface area (Å²) in [5.41, 5.74) is 1.42. The second kappa shape index (κ2) is 10.6. The number of benzene rings is 1. The van der Waals surface area contributed by atoms with Gasteiger partial charge in [0, 0.05) is 17.5 Å². The van der Waals surface area contributed by atoms with Crippen molar-refractivity contribution in [2.24, 2.45) is 0 Å². The number of aromatic nitrogens is 1. The van der Waals surface area contributed by atoms with Gasteiger partial charge in [-0.2, -0.15) is 0 Å². The fourth-order valence-corrected chi connectivity index (χ4v) is 3.81. The minimum absolute atomic E-state index is 0.487. The molecular weight excluding hydrogens is 286 g/mol. The van der Waals surface area contributed by atoms with E-state index in [0.717, 1.165) is 0 Å². The molecule has 0 saturated carbocycles. The average molecular weight is 316 g/mol. The van der Waals surface area contributed by atoms with E-state index in [0.29, 0.717) is 5.92 Å². The van der Waals surface area contributed by atoms with Gasteiger partial charge in [-0.05, 0) is 12.0 Å². The van der Waals surface area contributed by atoms with Gasteiger partial charge in [-0.15, -0.1) is 11.3 Å². The van der Waals surface area contributed by atoms with Crippen LogP contribution in [-0.2, 0) is 0 Å². The van der Waals surface area contributed by atoms with Crippen LogP contribution in [-0.4, -0.2) is 4.98 Å². The van der Waals surface area contributed by atoms with Gasteiger partial charge in [0.2, 0.25) is 0 Å². The molecule has 1 atom stereocenters. The normalized spacial score (nSPS) is 12.4. The quantitative estimate of drug-likeness (QED) is 0.415. The van der Waals surface area contributed by atoms with Gasteiger partial charge in [0.15, 0.2) is 0 Å². The monoisotopic (exact) mass is 315 g/mol. The summed E-state index contributed by atoms with van der Waals surface area (Å²) < 4.78 is 0. The lowest BCUT2D eigenvalue weighted by atomic mass is 9.93. The number of nitrogens with zero attached hydrogens (tertiary/aromatic N) is 1. The molecule has 2 heteroatoms. The summed E-state index contributed by atoms with van der Waals surface area (Å²) in [6.45, 7) is 2.28. The van der Waals surface area contributed by atoms with Crippen molar-refractivity contribution < 1.29 is 0 Å². The van der Waals surface area contributed by atoms with E-state index in [1.807, 2.05) is 6.20 Å². The van der Waals surface area contributed by atoms with Crippen molar-refractivity contribution in [3.8, 4) is 0 Å². The highest BCUT2D eigenvalue weighted by atomic mass is 32.1. The van der Waals surface area contributed by atoms with E-state index in [9.17, 15) is 0 Å². The SMILES string of the molecule is CCCCCCCCCCC(c1ccccc1)c1nccs1. The highest BCUT2D eigenvalue weighted by Gasteiger charge is 2.15. The lowest BCUT2D eigenvalue weighted by Gasteiger charge is -2.15. The third kappa shape index (κ3) is 5.92. The Morgan fingerprint density at radius 2 is 1.59 bits per heavy atom. The minimum atomic E-state index is 0.487. The summed E-state index contributed by atoms with van der Waals surface area (Å²) in [6.07, 6.45) is 14.2. The molecule has 0 aliphatic carbocycles. The van der Waals surface area contributed by atoms with Crippen molar-refractivity contribution in [1.29, 1.82) is 0 Å². The molecule has 0 aliphatic rings. The Morgan fingerprint density at radius 3 is 2.23 bits per heavy atom. The molecule has 0 amide bonds. The van der Waals surface area contributed by atoms with Crippen LogP contribution in [0.5, 0.6) is 0 Å². The van der Waals surface area contributed by atoms with Crippen molar-refractivity contribution in [3.63, 3.8) is 0 Å². The zero-order valence-electron chi connectivity index (χ0n) is 13.8. The van der Waals surface area contributed by atoms with Gasteiger partial charge in [0.05, 0.1) is 5.01 Å². The first-order chi connectivity index (χ1) is 10.9. The number of unbranched alkanes of at least 4 members (excludes halogenated alkanes) is 7. The predicted molar refractivity (Wildman–Crippen MR) is 97.6 cm³/mol. The lowest BCUT2D eigenvalue weighted by molar-refractivity contribution is 0.551. The summed E-state index contributed by atoms with van der Waals surface area (Å²) in [4.78, 5) is 4.56. The largest absolute Gasteiger partial charge is 0.249 e. The Balaban J connectivity index is 1.75. The Hall–Kier alpha value is -1.15. The molecule has 2 rings (SSSR count). The molecule has 2 aromatic rings. The fraction of sp³-hybridized carbons (Fsp3) is 0.550. The van der Waals surface area contributed by atoms with Gasteiger partial charge in [-0.1, -0.05) is 88.6 Å². The van der Waals surface area contributed by atoms with Crippen LogP contribution in [0.2, 0.25) is 0 Å². The van der Waals surface area contributed by atoms with Crippen LogP contribution in [0, 0.1) is 0 Å². The highest BCUT2D eigenvalue weighted by molar-refractivity contribution is 7.09. The molecule has 0 spiro atoms. The lowest BCUT2D eigenvalue weighted by Crippen LogP contribution is -2.00. The standard InChI is InChI=1S/C20H29NS/c1-2-3-4-5-6-7-8-12-15-19(20-21-16-17-22-20)18-13-10-9-11-14-18/h9-11,13-14,16-17,19H,2-8,12,15H2,1H3. The summed E-state index contributed by atoms with van der Waals surface area (Å²) in [6, 6.07) is 10.9. The van der Waals surface area contributed by atoms with E-state index in [4.69, 9.17) is 0 Å². The third-order valence-corrected chi connectivity index (χ3v) is 5.19. The number of hydrogen-bond acceptors (Lipinski definition) is 2. The van der Waals surface area contributed by atoms with E-state index in [1.165, 1.54) is 68.4 Å². The van der Waals surface area contributed by atoms with Gasteiger partial charge in [0.25, 0.3) is 0 Å². The second-order valence-electron chi connectivity index (χ2n) is 6.10. The Bertz CT molecular complexity index is 478. The van der Waals surface area contributed by atoms with Gasteiger partial charge in [0.1, 0.15) is 0 Å². The summed E-state index contributed by atoms with van der Waals surface area (Å²) >= 11 is 1.79. The molecule has 1 aromatic carbocycles. The van der Waals surface area contributed by atoms with E-state index < -0.39 is 0 Å². The van der Waals surface area contributed by atoms with Crippen molar-refractivity contribution in [3.05, 3.63) is 52.5 Å². The van der Waals surface area contributed by atoms with E-state index in [-0.39, 0.29) is 0 Å². The molecule has 1 aromatic heterocycles. The molecule has 0 aliphatic heterocycles. The molecule has 120 valence electrons. The summed E-state index contributed by atoms with van der Waals surface area (Å²) in [5, 5.41) is 3.37. The maximum absolute atomic E-state index is 4.56. The molecular formula is C20H29NS. The Kier molecular flexibility index (Phi) is 8.26. The Morgan fingerprint density at radius 1 is 0.909 bits per heavy atom. The van der Waals surface area contributed by atoms with Crippen molar-refractivity contribution >= 4 is 11.3 Å². The molecule has 0 N–H and O–H groups in total. The van der Waals surface area contributed by atoms with Crippen LogP contribution in [0.25, 0.3) is 0 Å². The van der Waals surface area contributed by atoms with Gasteiger partial charge in [-0.3, -0.25) is 0 Å². The zero-order chi connectivity index (χ0) is 15.5. The molecule has 0 fully saturated rings. The van der Waals surface area contributed by atoms with Gasteiger partial charge >= 0.3 is 0 Å². The van der Waals surface area contributed by atoms with Crippen LogP contribution >= 0.6 is 11.3 Å². The molecule has 1 unspecified atom stereocenters. The maximum Gasteiger partial charge on any atom is 0.0999 e. The molecule has 22 heavy (non-hydrogen) atoms. The van der Waals surface area contributed by atoms with E-state index >= 15 is 0 Å². The first kappa shape index (κ1) is 17.2. The summed E-state index contributed by atoms with van der Waals surface area (Å²) in [5.74, 6) is 0.487. The fourth-order valence-electron chi connectivity index (χ4n) is 3.01. The minimum Gasteiger partial charge on any atom is -0.249 e. The maximum atomic E-state index is 4.56. The van der Waals surface area contributed by atoms with Crippen LogP contribution in [0.4, 0.5) is 0 Å². The molecule has 0 radical (unpaired) electrons. The van der Waals surface area contributed by atoms with Gasteiger partial charge in [-0.25, -0.2) is 4.98 Å². The van der Waals surface area contributed by atoms with Crippen LogP contribution in [0.3, 0.4) is 0 Å². The third-order valence-electron chi connectivity index (χ3n) is 4.30. The molecule has 0 bridgehead atoms. The van der Waals surface area contributed by atoms with E-state index in [2.05, 4.69) is 47.6 Å². The molecule has 1 heterocycles. The van der Waals surface area contributed by atoms with Crippen LogP contribution < -0.4 is 0 Å². The first-order valence-electron chi connectivity index (χ1n) is 8.86. The van der Waals surface area contributed by atoms with E-state index in [1.54, 1.807) is 11.3 Å². The summed E-state index contributed by atoms with van der Waals surface area (Å²) in [7, 11) is 0. The molecule has 0 saturated heterocycles. The van der Waals surface area contributed by atoms with Crippen molar-refractivity contribution in [2.45, 2.75) is 70.6 Å². The predicted octanol–water partition coefficient (Wildman–Crippen LogP) is 6.81. The number of hydrogen-bond donors (Lipinski definition) is 0. The number of rotatable bonds is 11.